The molecule has 2 heterocycles. The molecule has 0 aliphatic carbocycles. The molecular weight excluding hydrogens is 240 g/mol. The molecule has 0 fully saturated rings. The van der Waals surface area contributed by atoms with Crippen molar-refractivity contribution >= 4 is 0 Å². The zero-order chi connectivity index (χ0) is 14.0. The lowest BCUT2D eigenvalue weighted by Gasteiger charge is -2.15. The summed E-state index contributed by atoms with van der Waals surface area (Å²) in [6.45, 7) is 7.11. The highest BCUT2D eigenvalue weighted by molar-refractivity contribution is 5.35. The molecule has 0 spiro atoms. The van der Waals surface area contributed by atoms with Crippen molar-refractivity contribution in [1.29, 1.82) is 0 Å². The van der Waals surface area contributed by atoms with Gasteiger partial charge in [0, 0.05) is 36.6 Å². The van der Waals surface area contributed by atoms with Crippen LogP contribution in [0.1, 0.15) is 41.9 Å². The van der Waals surface area contributed by atoms with Crippen molar-refractivity contribution in [2.75, 3.05) is 0 Å². The Morgan fingerprint density at radius 1 is 1.42 bits per heavy atom. The van der Waals surface area contributed by atoms with Gasteiger partial charge in [-0.15, -0.1) is 0 Å². The lowest BCUT2D eigenvalue weighted by Crippen LogP contribution is -2.29. The molecule has 6 heteroatoms. The molecule has 3 N–H and O–H groups in total. The Morgan fingerprint density at radius 2 is 2.16 bits per heavy atom. The highest BCUT2D eigenvalue weighted by Gasteiger charge is 2.22. The predicted octanol–water partition coefficient (Wildman–Crippen LogP) is 1.20. The monoisotopic (exact) mass is 262 g/mol. The fourth-order valence-electron chi connectivity index (χ4n) is 2.43. The van der Waals surface area contributed by atoms with E-state index in [-0.39, 0.29) is 6.04 Å². The summed E-state index contributed by atoms with van der Waals surface area (Å²) in [5, 5.41) is 8.80. The number of hydrogen-bond acceptors (Lipinski definition) is 4. The first-order valence-electron chi connectivity index (χ1n) is 6.57. The third-order valence-electron chi connectivity index (χ3n) is 3.46. The Kier molecular flexibility index (Phi) is 4.01. The van der Waals surface area contributed by atoms with E-state index in [1.165, 1.54) is 0 Å². The molecule has 0 amide bonds. The van der Waals surface area contributed by atoms with Gasteiger partial charge in [-0.3, -0.25) is 15.2 Å². The molecule has 19 heavy (non-hydrogen) atoms. The van der Waals surface area contributed by atoms with Crippen molar-refractivity contribution in [3.05, 3.63) is 34.9 Å². The third-order valence-corrected chi connectivity index (χ3v) is 3.46. The topological polar surface area (TPSA) is 73.7 Å². The largest absolute Gasteiger partial charge is 0.272 e. The van der Waals surface area contributed by atoms with Gasteiger partial charge in [-0.05, 0) is 20.3 Å². The first-order valence-corrected chi connectivity index (χ1v) is 6.57. The van der Waals surface area contributed by atoms with Crippen LogP contribution in [0.25, 0.3) is 0 Å². The molecule has 0 aliphatic heterocycles. The van der Waals surface area contributed by atoms with E-state index in [0.29, 0.717) is 0 Å². The molecule has 2 aromatic heterocycles. The molecular formula is C13H22N6. The number of hydrazine groups is 1. The zero-order valence-corrected chi connectivity index (χ0v) is 12.0. The number of nitrogens with one attached hydrogen (secondary N) is 1. The third kappa shape index (κ3) is 2.54. The summed E-state index contributed by atoms with van der Waals surface area (Å²) in [7, 11) is 1.94. The summed E-state index contributed by atoms with van der Waals surface area (Å²) in [4.78, 5) is 0. The van der Waals surface area contributed by atoms with Gasteiger partial charge in [-0.1, -0.05) is 6.92 Å². The van der Waals surface area contributed by atoms with E-state index in [1.807, 2.05) is 35.7 Å². The lowest BCUT2D eigenvalue weighted by atomic mass is 10.0. The Morgan fingerprint density at radius 3 is 2.68 bits per heavy atom. The van der Waals surface area contributed by atoms with Gasteiger partial charge in [0.2, 0.25) is 0 Å². The molecule has 0 aromatic carbocycles. The second-order valence-electron chi connectivity index (χ2n) is 4.84. The summed E-state index contributed by atoms with van der Waals surface area (Å²) >= 11 is 0. The minimum Gasteiger partial charge on any atom is -0.272 e. The second kappa shape index (κ2) is 5.54. The fourth-order valence-corrected chi connectivity index (χ4v) is 2.43. The normalized spacial score (nSPS) is 12.9. The number of hydrogen-bond donors (Lipinski definition) is 2. The standard InChI is InChI=1S/C13H22N6/c1-5-6-19-8-11(7-15-19)13(16-14)12-9(2)17-18(4)10(12)3/h7-8,13,16H,5-6,14H2,1-4H3. The number of aryl methyl sites for hydroxylation is 3. The Bertz CT molecular complexity index is 553. The van der Waals surface area contributed by atoms with Gasteiger partial charge in [0.15, 0.2) is 0 Å². The molecule has 1 atom stereocenters. The quantitative estimate of drug-likeness (QED) is 0.627. The van der Waals surface area contributed by atoms with Gasteiger partial charge in [0.25, 0.3) is 0 Å². The van der Waals surface area contributed by atoms with Crippen molar-refractivity contribution in [3.8, 4) is 0 Å². The van der Waals surface area contributed by atoms with Gasteiger partial charge in [-0.2, -0.15) is 10.2 Å². The summed E-state index contributed by atoms with van der Waals surface area (Å²) in [6.07, 6.45) is 4.97. The maximum atomic E-state index is 5.74. The van der Waals surface area contributed by atoms with Crippen molar-refractivity contribution in [2.24, 2.45) is 12.9 Å². The summed E-state index contributed by atoms with van der Waals surface area (Å²) < 4.78 is 3.83. The van der Waals surface area contributed by atoms with E-state index < -0.39 is 0 Å². The molecule has 1 unspecified atom stereocenters. The van der Waals surface area contributed by atoms with E-state index in [2.05, 4.69) is 29.5 Å². The number of nitrogens with zero attached hydrogens (tertiary/aromatic N) is 4. The van der Waals surface area contributed by atoms with Crippen LogP contribution in [0.15, 0.2) is 12.4 Å². The van der Waals surface area contributed by atoms with Gasteiger partial charge in [0.05, 0.1) is 17.9 Å². The molecule has 0 radical (unpaired) electrons. The van der Waals surface area contributed by atoms with Crippen LogP contribution in [-0.4, -0.2) is 19.6 Å². The summed E-state index contributed by atoms with van der Waals surface area (Å²) in [5.74, 6) is 5.74. The van der Waals surface area contributed by atoms with Crippen molar-refractivity contribution in [2.45, 2.75) is 39.8 Å². The second-order valence-corrected chi connectivity index (χ2v) is 4.84. The van der Waals surface area contributed by atoms with Gasteiger partial charge in [-0.25, -0.2) is 5.43 Å². The van der Waals surface area contributed by atoms with E-state index in [4.69, 9.17) is 5.84 Å². The van der Waals surface area contributed by atoms with Crippen molar-refractivity contribution in [1.82, 2.24) is 25.0 Å². The predicted molar refractivity (Wildman–Crippen MR) is 74.4 cm³/mol. The number of rotatable bonds is 5. The maximum Gasteiger partial charge on any atom is 0.0776 e. The maximum absolute atomic E-state index is 5.74. The first-order chi connectivity index (χ1) is 9.08. The minimum absolute atomic E-state index is 0.0701. The SMILES string of the molecule is CCCn1cc(C(NN)c2c(C)nn(C)c2C)cn1. The van der Waals surface area contributed by atoms with Crippen LogP contribution in [0, 0.1) is 13.8 Å². The van der Waals surface area contributed by atoms with E-state index in [1.54, 1.807) is 0 Å². The molecule has 2 aromatic rings. The average molecular weight is 262 g/mol. The van der Waals surface area contributed by atoms with Gasteiger partial charge >= 0.3 is 0 Å². The minimum atomic E-state index is -0.0701. The number of nitrogens with two attached hydrogens (primary N) is 1. The van der Waals surface area contributed by atoms with E-state index in [9.17, 15) is 0 Å². The average Bonchev–Trinajstić information content (AvgIpc) is 2.91. The first kappa shape index (κ1) is 13.8. The van der Waals surface area contributed by atoms with E-state index >= 15 is 0 Å². The highest BCUT2D eigenvalue weighted by atomic mass is 15.3. The molecule has 0 saturated heterocycles. The van der Waals surface area contributed by atoms with Crippen LogP contribution in [0.4, 0.5) is 0 Å². The fraction of sp³-hybridized carbons (Fsp3) is 0.538. The molecule has 6 nitrogen and oxygen atoms in total. The summed E-state index contributed by atoms with van der Waals surface area (Å²) in [6, 6.07) is -0.0701. The molecule has 0 aliphatic rings. The van der Waals surface area contributed by atoms with Crippen LogP contribution in [0.5, 0.6) is 0 Å². The van der Waals surface area contributed by atoms with Gasteiger partial charge in [0.1, 0.15) is 0 Å². The smallest absolute Gasteiger partial charge is 0.0776 e. The highest BCUT2D eigenvalue weighted by Crippen LogP contribution is 2.26. The van der Waals surface area contributed by atoms with Crippen molar-refractivity contribution in [3.63, 3.8) is 0 Å². The van der Waals surface area contributed by atoms with Crippen LogP contribution < -0.4 is 11.3 Å². The Hall–Kier alpha value is -1.66. The number of aromatic nitrogens is 4. The van der Waals surface area contributed by atoms with Crippen LogP contribution in [-0.2, 0) is 13.6 Å². The van der Waals surface area contributed by atoms with Gasteiger partial charge < -0.3 is 0 Å². The molecule has 0 bridgehead atoms. The zero-order valence-electron chi connectivity index (χ0n) is 12.0. The van der Waals surface area contributed by atoms with E-state index in [0.717, 1.165) is 35.5 Å². The molecule has 104 valence electrons. The van der Waals surface area contributed by atoms with Crippen LogP contribution in [0.2, 0.25) is 0 Å². The Balaban J connectivity index is 2.38. The lowest BCUT2D eigenvalue weighted by molar-refractivity contribution is 0.597. The van der Waals surface area contributed by atoms with Crippen molar-refractivity contribution < 1.29 is 0 Å². The molecule has 0 saturated carbocycles. The Labute approximate surface area is 113 Å². The van der Waals surface area contributed by atoms with Crippen LogP contribution >= 0.6 is 0 Å². The molecule has 2 rings (SSSR count). The van der Waals surface area contributed by atoms with Crippen LogP contribution in [0.3, 0.4) is 0 Å². The summed E-state index contributed by atoms with van der Waals surface area (Å²) in [5.41, 5.74) is 7.18.